The zero-order valence-corrected chi connectivity index (χ0v) is 13.4. The van der Waals surface area contributed by atoms with Crippen LogP contribution in [0.5, 0.6) is 0 Å². The summed E-state index contributed by atoms with van der Waals surface area (Å²) in [5.41, 5.74) is 2.27. The fourth-order valence-corrected chi connectivity index (χ4v) is 4.16. The van der Waals surface area contributed by atoms with Crippen LogP contribution in [0.25, 0.3) is 0 Å². The molecule has 22 heavy (non-hydrogen) atoms. The Bertz CT molecular complexity index is 676. The maximum atomic E-state index is 11.9. The number of hydrogen-bond donors (Lipinski definition) is 1. The highest BCUT2D eigenvalue weighted by Gasteiger charge is 2.29. The van der Waals surface area contributed by atoms with Crippen LogP contribution in [0.3, 0.4) is 0 Å². The van der Waals surface area contributed by atoms with Gasteiger partial charge in [-0.15, -0.1) is 0 Å². The quantitative estimate of drug-likeness (QED) is 0.826. The smallest absolute Gasteiger partial charge is 0.338 e. The van der Waals surface area contributed by atoms with E-state index in [2.05, 4.69) is 5.32 Å². The summed E-state index contributed by atoms with van der Waals surface area (Å²) in [5, 5.41) is 2.57. The SMILES string of the molecule is Cc1cc(C)cc(C(=O)OCC(=O)N[C@@H]2CCS(=O)(=O)C2)c1. The first kappa shape index (κ1) is 16.5. The van der Waals surface area contributed by atoms with Crippen molar-refractivity contribution in [2.24, 2.45) is 0 Å². The molecule has 0 bridgehead atoms. The first-order valence-electron chi connectivity index (χ1n) is 7.00. The van der Waals surface area contributed by atoms with Crippen LogP contribution in [0.1, 0.15) is 27.9 Å². The Kier molecular flexibility index (Phi) is 4.85. The normalized spacial score (nSPS) is 19.6. The fraction of sp³-hybridized carbons (Fsp3) is 0.467. The van der Waals surface area contributed by atoms with Gasteiger partial charge in [-0.3, -0.25) is 4.79 Å². The molecule has 6 nitrogen and oxygen atoms in total. The van der Waals surface area contributed by atoms with Crippen molar-refractivity contribution in [3.63, 3.8) is 0 Å². The monoisotopic (exact) mass is 325 g/mol. The molecule has 0 aliphatic carbocycles. The lowest BCUT2D eigenvalue weighted by atomic mass is 10.1. The minimum atomic E-state index is -3.05. The number of aryl methyl sites for hydroxylation is 2. The number of hydrogen-bond acceptors (Lipinski definition) is 5. The van der Waals surface area contributed by atoms with Crippen LogP contribution < -0.4 is 5.32 Å². The first-order valence-corrected chi connectivity index (χ1v) is 8.82. The van der Waals surface area contributed by atoms with Gasteiger partial charge in [0.15, 0.2) is 16.4 Å². The third-order valence-electron chi connectivity index (χ3n) is 3.39. The van der Waals surface area contributed by atoms with E-state index < -0.39 is 34.4 Å². The molecule has 1 saturated heterocycles. The van der Waals surface area contributed by atoms with Gasteiger partial charge in [0.05, 0.1) is 17.1 Å². The summed E-state index contributed by atoms with van der Waals surface area (Å²) in [4.78, 5) is 23.6. The standard InChI is InChI=1S/C15H19NO5S/c1-10-5-11(2)7-12(6-10)15(18)21-8-14(17)16-13-3-4-22(19,20)9-13/h5-7,13H,3-4,8-9H2,1-2H3,(H,16,17)/t13-/m1/s1. The molecule has 0 radical (unpaired) electrons. The molecule has 1 fully saturated rings. The van der Waals surface area contributed by atoms with Gasteiger partial charge < -0.3 is 10.1 Å². The molecule has 1 aromatic carbocycles. The summed E-state index contributed by atoms with van der Waals surface area (Å²) in [6, 6.07) is 4.93. The molecule has 1 aliphatic rings. The summed E-state index contributed by atoms with van der Waals surface area (Å²) >= 11 is 0. The molecule has 1 N–H and O–H groups in total. The van der Waals surface area contributed by atoms with Crippen molar-refractivity contribution in [1.29, 1.82) is 0 Å². The number of rotatable bonds is 4. The van der Waals surface area contributed by atoms with Gasteiger partial charge in [0.2, 0.25) is 0 Å². The van der Waals surface area contributed by atoms with Crippen LogP contribution in [-0.2, 0) is 19.4 Å². The Morgan fingerprint density at radius 3 is 2.41 bits per heavy atom. The molecule has 0 saturated carbocycles. The summed E-state index contributed by atoms with van der Waals surface area (Å²) in [7, 11) is -3.05. The lowest BCUT2D eigenvalue weighted by molar-refractivity contribution is -0.124. The second kappa shape index (κ2) is 6.48. The van der Waals surface area contributed by atoms with Crippen LogP contribution in [0.4, 0.5) is 0 Å². The highest BCUT2D eigenvalue weighted by atomic mass is 32.2. The summed E-state index contributed by atoms with van der Waals surface area (Å²) in [5.74, 6) is -1.02. The second-order valence-electron chi connectivity index (χ2n) is 5.62. The zero-order chi connectivity index (χ0) is 16.3. The topological polar surface area (TPSA) is 89.5 Å². The maximum absolute atomic E-state index is 11.9. The number of carbonyl (C=O) groups is 2. The molecular weight excluding hydrogens is 306 g/mol. The van der Waals surface area contributed by atoms with Crippen molar-refractivity contribution in [2.75, 3.05) is 18.1 Å². The van der Waals surface area contributed by atoms with Gasteiger partial charge in [-0.1, -0.05) is 17.2 Å². The third-order valence-corrected chi connectivity index (χ3v) is 5.16. The largest absolute Gasteiger partial charge is 0.452 e. The summed E-state index contributed by atoms with van der Waals surface area (Å²) in [6.45, 7) is 3.33. The van der Waals surface area contributed by atoms with E-state index >= 15 is 0 Å². The van der Waals surface area contributed by atoms with Crippen molar-refractivity contribution in [3.8, 4) is 0 Å². The molecule has 1 heterocycles. The molecule has 0 unspecified atom stereocenters. The van der Waals surface area contributed by atoms with E-state index in [1.807, 2.05) is 19.9 Å². The average molecular weight is 325 g/mol. The minimum Gasteiger partial charge on any atom is -0.452 e. The van der Waals surface area contributed by atoms with Crippen LogP contribution >= 0.6 is 0 Å². The third kappa shape index (κ3) is 4.56. The van der Waals surface area contributed by atoms with E-state index in [0.29, 0.717) is 12.0 Å². The van der Waals surface area contributed by atoms with Gasteiger partial charge in [-0.05, 0) is 32.4 Å². The summed E-state index contributed by atoms with van der Waals surface area (Å²) in [6.07, 6.45) is 0.402. The Hall–Kier alpha value is -1.89. The van der Waals surface area contributed by atoms with Crippen molar-refractivity contribution in [1.82, 2.24) is 5.32 Å². The lowest BCUT2D eigenvalue weighted by Crippen LogP contribution is -2.38. The van der Waals surface area contributed by atoms with Crippen molar-refractivity contribution in [2.45, 2.75) is 26.3 Å². The van der Waals surface area contributed by atoms with Crippen LogP contribution in [0.15, 0.2) is 18.2 Å². The number of ether oxygens (including phenoxy) is 1. The van der Waals surface area contributed by atoms with Crippen LogP contribution in [0.2, 0.25) is 0 Å². The predicted molar refractivity (Wildman–Crippen MR) is 81.4 cm³/mol. The van der Waals surface area contributed by atoms with Gasteiger partial charge >= 0.3 is 5.97 Å². The van der Waals surface area contributed by atoms with Gasteiger partial charge in [-0.2, -0.15) is 0 Å². The van der Waals surface area contributed by atoms with E-state index in [0.717, 1.165) is 11.1 Å². The van der Waals surface area contributed by atoms with Gasteiger partial charge in [0.1, 0.15) is 0 Å². The Labute approximate surface area is 129 Å². The first-order chi connectivity index (χ1) is 10.2. The lowest BCUT2D eigenvalue weighted by Gasteiger charge is -2.11. The molecule has 120 valence electrons. The van der Waals surface area contributed by atoms with Crippen LogP contribution in [-0.4, -0.2) is 44.4 Å². The average Bonchev–Trinajstić information content (AvgIpc) is 2.74. The van der Waals surface area contributed by atoms with Crippen molar-refractivity contribution in [3.05, 3.63) is 34.9 Å². The number of amides is 1. The molecule has 1 amide bonds. The highest BCUT2D eigenvalue weighted by molar-refractivity contribution is 7.91. The van der Waals surface area contributed by atoms with Crippen molar-refractivity contribution < 1.29 is 22.7 Å². The Morgan fingerprint density at radius 1 is 1.23 bits per heavy atom. The molecule has 7 heteroatoms. The number of nitrogens with one attached hydrogen (secondary N) is 1. The second-order valence-corrected chi connectivity index (χ2v) is 7.85. The van der Waals surface area contributed by atoms with E-state index in [1.165, 1.54) is 0 Å². The van der Waals surface area contributed by atoms with Gasteiger partial charge in [-0.25, -0.2) is 13.2 Å². The van der Waals surface area contributed by atoms with E-state index in [9.17, 15) is 18.0 Å². The van der Waals surface area contributed by atoms with E-state index in [4.69, 9.17) is 4.74 Å². The Morgan fingerprint density at radius 2 is 1.86 bits per heavy atom. The minimum absolute atomic E-state index is 0.0518. The zero-order valence-electron chi connectivity index (χ0n) is 12.6. The molecule has 1 aromatic rings. The maximum Gasteiger partial charge on any atom is 0.338 e. The highest BCUT2D eigenvalue weighted by Crippen LogP contribution is 2.12. The predicted octanol–water partition coefficient (Wildman–Crippen LogP) is 0.764. The number of carbonyl (C=O) groups excluding carboxylic acids is 2. The van der Waals surface area contributed by atoms with Crippen LogP contribution in [0, 0.1) is 13.8 Å². The molecule has 0 spiro atoms. The van der Waals surface area contributed by atoms with Gasteiger partial charge in [0.25, 0.3) is 5.91 Å². The number of esters is 1. The molecule has 2 rings (SSSR count). The molecular formula is C15H19NO5S. The fourth-order valence-electron chi connectivity index (χ4n) is 2.49. The summed E-state index contributed by atoms with van der Waals surface area (Å²) < 4.78 is 27.6. The number of benzene rings is 1. The molecule has 1 aliphatic heterocycles. The van der Waals surface area contributed by atoms with Gasteiger partial charge in [0, 0.05) is 6.04 Å². The Balaban J connectivity index is 1.84. The van der Waals surface area contributed by atoms with Crippen molar-refractivity contribution >= 4 is 21.7 Å². The van der Waals surface area contributed by atoms with E-state index in [1.54, 1.807) is 12.1 Å². The molecule has 0 aromatic heterocycles. The van der Waals surface area contributed by atoms with E-state index in [-0.39, 0.29) is 11.5 Å². The molecule has 1 atom stereocenters. The number of sulfone groups is 1.